The number of hydrogen-bond donors (Lipinski definition) is 1. The third-order valence-corrected chi connectivity index (χ3v) is 5.90. The van der Waals surface area contributed by atoms with Gasteiger partial charge in [0.05, 0.1) is 0 Å². The van der Waals surface area contributed by atoms with Gasteiger partial charge in [0.2, 0.25) is 0 Å². The van der Waals surface area contributed by atoms with Crippen molar-refractivity contribution in [2.75, 3.05) is 0 Å². The average molecular weight is 350 g/mol. The summed E-state index contributed by atoms with van der Waals surface area (Å²) < 4.78 is 1.92. The number of pyridine rings is 1. The van der Waals surface area contributed by atoms with Crippen LogP contribution in [0.4, 0.5) is 0 Å². The van der Waals surface area contributed by atoms with E-state index in [1.54, 1.807) is 0 Å². The molecule has 2 bridgehead atoms. The van der Waals surface area contributed by atoms with Crippen LogP contribution in [0.25, 0.3) is 0 Å². The summed E-state index contributed by atoms with van der Waals surface area (Å²) in [5, 5.41) is 2.92. The van der Waals surface area contributed by atoms with E-state index < -0.39 is 0 Å². The maximum atomic E-state index is 13.1. The average Bonchev–Trinajstić information content (AvgIpc) is 3.28. The van der Waals surface area contributed by atoms with Crippen LogP contribution in [0.5, 0.6) is 0 Å². The number of carbonyl (C=O) groups excluding carboxylic acids is 1. The molecule has 1 heterocycles. The second-order valence-electron chi connectivity index (χ2n) is 7.58. The number of unbranched alkanes of at least 4 members (excludes halogenated alkanes) is 1. The Hall–Kier alpha value is -2.36. The lowest BCUT2D eigenvalue weighted by molar-refractivity contribution is 0.0948. The first-order valence-electron chi connectivity index (χ1n) is 9.78. The van der Waals surface area contributed by atoms with Crippen LogP contribution >= 0.6 is 0 Å². The van der Waals surface area contributed by atoms with Crippen LogP contribution in [0.3, 0.4) is 0 Å². The Bertz CT molecular complexity index is 870. The molecule has 26 heavy (non-hydrogen) atoms. The van der Waals surface area contributed by atoms with Gasteiger partial charge in [-0.05, 0) is 48.8 Å². The van der Waals surface area contributed by atoms with E-state index in [1.807, 2.05) is 41.0 Å². The summed E-state index contributed by atoms with van der Waals surface area (Å²) in [6, 6.07) is 11.7. The Balaban J connectivity index is 1.65. The third kappa shape index (κ3) is 2.98. The van der Waals surface area contributed by atoms with Crippen LogP contribution in [0.15, 0.2) is 41.2 Å². The van der Waals surface area contributed by atoms with Gasteiger partial charge in [-0.2, -0.15) is 0 Å². The number of nitrogens with zero attached hydrogens (tertiary/aromatic N) is 1. The molecular formula is C22H26N2O2. The Morgan fingerprint density at radius 2 is 1.96 bits per heavy atom. The van der Waals surface area contributed by atoms with Gasteiger partial charge in [-0.25, -0.2) is 0 Å². The van der Waals surface area contributed by atoms with Crippen molar-refractivity contribution in [3.05, 3.63) is 69.1 Å². The van der Waals surface area contributed by atoms with Crippen LogP contribution in [-0.2, 0) is 13.1 Å². The molecule has 2 atom stereocenters. The lowest BCUT2D eigenvalue weighted by Crippen LogP contribution is -2.35. The quantitative estimate of drug-likeness (QED) is 0.858. The van der Waals surface area contributed by atoms with Crippen LogP contribution in [0.2, 0.25) is 0 Å². The zero-order valence-corrected chi connectivity index (χ0v) is 15.3. The molecule has 1 aromatic heterocycles. The monoisotopic (exact) mass is 350 g/mol. The Morgan fingerprint density at radius 1 is 1.19 bits per heavy atom. The van der Waals surface area contributed by atoms with Crippen LogP contribution in [0.1, 0.15) is 78.0 Å². The maximum Gasteiger partial charge on any atom is 0.263 e. The molecule has 1 fully saturated rings. The Morgan fingerprint density at radius 3 is 2.73 bits per heavy atom. The summed E-state index contributed by atoms with van der Waals surface area (Å²) in [6.45, 7) is 3.30. The van der Waals surface area contributed by atoms with E-state index in [-0.39, 0.29) is 11.5 Å². The first kappa shape index (κ1) is 17.1. The molecule has 2 aliphatic rings. The van der Waals surface area contributed by atoms with E-state index in [4.69, 9.17) is 0 Å². The van der Waals surface area contributed by atoms with Gasteiger partial charge < -0.3 is 9.88 Å². The number of rotatable bonds is 6. The highest BCUT2D eigenvalue weighted by Crippen LogP contribution is 2.52. The molecule has 0 aliphatic heterocycles. The van der Waals surface area contributed by atoms with Crippen LogP contribution in [-0.4, -0.2) is 10.5 Å². The van der Waals surface area contributed by atoms with E-state index in [1.165, 1.54) is 24.1 Å². The van der Waals surface area contributed by atoms with Crippen molar-refractivity contribution in [3.8, 4) is 0 Å². The number of fused-ring (bicyclic) bond motifs is 5. The number of hydrogen-bond acceptors (Lipinski definition) is 2. The first-order chi connectivity index (χ1) is 12.7. The lowest BCUT2D eigenvalue weighted by Gasteiger charge is -2.22. The van der Waals surface area contributed by atoms with Gasteiger partial charge in [0.15, 0.2) is 0 Å². The fraction of sp³-hybridized carbons (Fsp3) is 0.455. The molecule has 0 spiro atoms. The minimum absolute atomic E-state index is 0.115. The molecule has 1 N–H and O–H groups in total. The molecule has 4 heteroatoms. The van der Waals surface area contributed by atoms with Crippen molar-refractivity contribution in [1.29, 1.82) is 0 Å². The van der Waals surface area contributed by atoms with E-state index in [9.17, 15) is 9.59 Å². The Labute approximate surface area is 154 Å². The van der Waals surface area contributed by atoms with E-state index in [0.717, 1.165) is 31.4 Å². The highest BCUT2D eigenvalue weighted by molar-refractivity contribution is 5.94. The van der Waals surface area contributed by atoms with Crippen molar-refractivity contribution >= 4 is 5.91 Å². The minimum Gasteiger partial charge on any atom is -0.348 e. The van der Waals surface area contributed by atoms with Gasteiger partial charge in [-0.15, -0.1) is 0 Å². The number of aromatic nitrogens is 1. The van der Waals surface area contributed by atoms with Crippen molar-refractivity contribution in [2.45, 2.75) is 64.0 Å². The lowest BCUT2D eigenvalue weighted by atomic mass is 9.94. The third-order valence-electron chi connectivity index (χ3n) is 5.90. The fourth-order valence-corrected chi connectivity index (χ4v) is 4.57. The highest BCUT2D eigenvalue weighted by Gasteiger charge is 2.40. The van der Waals surface area contributed by atoms with Gasteiger partial charge in [0.1, 0.15) is 5.56 Å². The van der Waals surface area contributed by atoms with Gasteiger partial charge in [-0.1, -0.05) is 43.7 Å². The molecule has 136 valence electrons. The standard InChI is InChI=1S/C22H26N2O2/c1-2-3-11-24-20-17-10-9-16(12-17)18(20)13-19(22(24)26)21(25)23-14-15-7-5-4-6-8-15/h4-8,13,16-17H,2-3,9-12,14H2,1H3,(H,23,25)/t16-,17+/m1/s1. The molecule has 0 unspecified atom stereocenters. The summed E-state index contributed by atoms with van der Waals surface area (Å²) in [7, 11) is 0. The van der Waals surface area contributed by atoms with E-state index in [2.05, 4.69) is 12.2 Å². The van der Waals surface area contributed by atoms with Crippen molar-refractivity contribution in [2.24, 2.45) is 0 Å². The molecule has 1 aromatic carbocycles. The molecule has 2 aliphatic carbocycles. The van der Waals surface area contributed by atoms with Gasteiger partial charge in [-0.3, -0.25) is 9.59 Å². The van der Waals surface area contributed by atoms with Crippen LogP contribution in [0, 0.1) is 0 Å². The van der Waals surface area contributed by atoms with E-state index in [0.29, 0.717) is 23.9 Å². The SMILES string of the molecule is CCCCn1c2c(cc(C(=O)NCc3ccccc3)c1=O)[C@@H]1CC[C@H]2C1. The minimum atomic E-state index is -0.255. The van der Waals surface area contributed by atoms with Gasteiger partial charge in [0.25, 0.3) is 11.5 Å². The summed E-state index contributed by atoms with van der Waals surface area (Å²) in [5.41, 5.74) is 3.70. The smallest absolute Gasteiger partial charge is 0.263 e. The van der Waals surface area contributed by atoms with Crippen molar-refractivity contribution in [1.82, 2.24) is 9.88 Å². The van der Waals surface area contributed by atoms with Crippen molar-refractivity contribution < 1.29 is 4.79 Å². The summed E-state index contributed by atoms with van der Waals surface area (Å²) >= 11 is 0. The molecule has 2 aromatic rings. The largest absolute Gasteiger partial charge is 0.348 e. The highest BCUT2D eigenvalue weighted by atomic mass is 16.2. The summed E-state index contributed by atoms with van der Waals surface area (Å²) in [5.74, 6) is 0.791. The number of nitrogens with one attached hydrogen (secondary N) is 1. The molecule has 0 radical (unpaired) electrons. The van der Waals surface area contributed by atoms with Crippen molar-refractivity contribution in [3.63, 3.8) is 0 Å². The molecule has 4 rings (SSSR count). The first-order valence-corrected chi connectivity index (χ1v) is 9.78. The number of benzene rings is 1. The molecular weight excluding hydrogens is 324 g/mol. The molecule has 1 saturated carbocycles. The predicted octanol–water partition coefficient (Wildman–Crippen LogP) is 3.94. The van der Waals surface area contributed by atoms with Gasteiger partial charge >= 0.3 is 0 Å². The fourth-order valence-electron chi connectivity index (χ4n) is 4.57. The number of carbonyl (C=O) groups is 1. The predicted molar refractivity (Wildman–Crippen MR) is 103 cm³/mol. The van der Waals surface area contributed by atoms with Crippen LogP contribution < -0.4 is 10.9 Å². The zero-order chi connectivity index (χ0) is 18.1. The van der Waals surface area contributed by atoms with E-state index >= 15 is 0 Å². The second kappa shape index (κ2) is 7.10. The summed E-state index contributed by atoms with van der Waals surface area (Å²) in [4.78, 5) is 25.8. The Kier molecular flexibility index (Phi) is 4.66. The second-order valence-corrected chi connectivity index (χ2v) is 7.58. The zero-order valence-electron chi connectivity index (χ0n) is 15.3. The number of amides is 1. The molecule has 1 amide bonds. The van der Waals surface area contributed by atoms with Gasteiger partial charge in [0, 0.05) is 24.7 Å². The topological polar surface area (TPSA) is 51.1 Å². The maximum absolute atomic E-state index is 13.1. The molecule has 0 saturated heterocycles. The normalized spacial score (nSPS) is 20.2. The molecule has 4 nitrogen and oxygen atoms in total. The summed E-state index contributed by atoms with van der Waals surface area (Å²) in [6.07, 6.45) is 5.53.